The van der Waals surface area contributed by atoms with Crippen molar-refractivity contribution < 1.29 is 4.42 Å². The number of fused-ring (bicyclic) bond motifs is 4. The first-order chi connectivity index (χ1) is 15.6. The van der Waals surface area contributed by atoms with Crippen LogP contribution in [0.4, 0.5) is 0 Å². The smallest absolute Gasteiger partial charge is 0.277 e. The molecule has 9 nitrogen and oxygen atoms in total. The Hall–Kier alpha value is -3.92. The lowest BCUT2D eigenvalue weighted by atomic mass is 10.1. The monoisotopic (exact) mass is 443 g/mol. The average molecular weight is 443 g/mol. The van der Waals surface area contributed by atoms with Crippen molar-refractivity contribution in [2.24, 2.45) is 7.05 Å². The molecule has 0 aliphatic heterocycles. The molecule has 1 N–H and O–H groups in total. The van der Waals surface area contributed by atoms with Crippen molar-refractivity contribution in [1.29, 1.82) is 0 Å². The zero-order valence-corrected chi connectivity index (χ0v) is 18.1. The molecule has 0 bridgehead atoms. The number of thioether (sulfide) groups is 1. The summed E-state index contributed by atoms with van der Waals surface area (Å²) < 4.78 is 9.32. The Balaban J connectivity index is 1.35. The van der Waals surface area contributed by atoms with Crippen LogP contribution in [-0.2, 0) is 12.8 Å². The maximum atomic E-state index is 12.7. The Kier molecular flexibility index (Phi) is 4.15. The second-order valence-corrected chi connectivity index (χ2v) is 8.47. The van der Waals surface area contributed by atoms with Crippen LogP contribution in [0.15, 0.2) is 63.1 Å². The van der Waals surface area contributed by atoms with Crippen molar-refractivity contribution in [3.05, 3.63) is 70.4 Å². The van der Waals surface area contributed by atoms with E-state index in [4.69, 9.17) is 4.42 Å². The summed E-state index contributed by atoms with van der Waals surface area (Å²) in [5, 5.41) is 19.0. The lowest BCUT2D eigenvalue weighted by Gasteiger charge is -2.08. The summed E-state index contributed by atoms with van der Waals surface area (Å²) in [6.45, 7) is 1.97. The summed E-state index contributed by atoms with van der Waals surface area (Å²) in [5.41, 5.74) is 3.58. The van der Waals surface area contributed by atoms with E-state index < -0.39 is 0 Å². The predicted molar refractivity (Wildman–Crippen MR) is 122 cm³/mol. The first kappa shape index (κ1) is 18.8. The molecule has 0 amide bonds. The van der Waals surface area contributed by atoms with Crippen LogP contribution >= 0.6 is 11.8 Å². The van der Waals surface area contributed by atoms with Gasteiger partial charge in [-0.1, -0.05) is 41.6 Å². The van der Waals surface area contributed by atoms with E-state index in [-0.39, 0.29) is 5.56 Å². The van der Waals surface area contributed by atoms with Gasteiger partial charge < -0.3 is 9.40 Å². The average Bonchev–Trinajstić information content (AvgIpc) is 3.53. The van der Waals surface area contributed by atoms with E-state index in [9.17, 15) is 4.79 Å². The first-order valence-corrected chi connectivity index (χ1v) is 10.9. The molecule has 10 heteroatoms. The highest BCUT2D eigenvalue weighted by atomic mass is 32.2. The normalized spacial score (nSPS) is 11.8. The second kappa shape index (κ2) is 7.06. The molecule has 4 aromatic heterocycles. The topological polar surface area (TPSA) is 107 Å². The van der Waals surface area contributed by atoms with Crippen LogP contribution in [0.3, 0.4) is 0 Å². The molecule has 32 heavy (non-hydrogen) atoms. The van der Waals surface area contributed by atoms with Gasteiger partial charge in [0.15, 0.2) is 0 Å². The Morgan fingerprint density at radius 3 is 2.84 bits per heavy atom. The largest absolute Gasteiger partial charge is 0.411 e. The highest BCUT2D eigenvalue weighted by Gasteiger charge is 2.17. The second-order valence-electron chi connectivity index (χ2n) is 7.55. The van der Waals surface area contributed by atoms with Crippen LogP contribution in [0.1, 0.15) is 11.4 Å². The lowest BCUT2D eigenvalue weighted by Crippen LogP contribution is -2.20. The fourth-order valence-corrected chi connectivity index (χ4v) is 4.58. The molecular formula is C22H17N7O2S. The Morgan fingerprint density at radius 1 is 1.06 bits per heavy atom. The number of nitrogens with one attached hydrogen (secondary N) is 1. The van der Waals surface area contributed by atoms with Gasteiger partial charge in [0.05, 0.1) is 22.2 Å². The summed E-state index contributed by atoms with van der Waals surface area (Å²) in [6.07, 6.45) is 1.87. The third-order valence-corrected chi connectivity index (χ3v) is 6.31. The molecule has 0 aliphatic carbocycles. The molecule has 6 rings (SSSR count). The van der Waals surface area contributed by atoms with Gasteiger partial charge in [-0.25, -0.2) is 0 Å². The Bertz CT molecular complexity index is 1690. The summed E-state index contributed by atoms with van der Waals surface area (Å²) in [5.74, 6) is 2.10. The van der Waals surface area contributed by atoms with Crippen LogP contribution in [0.5, 0.6) is 0 Å². The van der Waals surface area contributed by atoms with Gasteiger partial charge >= 0.3 is 0 Å². The van der Waals surface area contributed by atoms with Crippen molar-refractivity contribution in [3.8, 4) is 11.5 Å². The molecule has 158 valence electrons. The minimum Gasteiger partial charge on any atom is -0.411 e. The molecule has 0 fully saturated rings. The summed E-state index contributed by atoms with van der Waals surface area (Å²) in [7, 11) is 1.70. The summed E-state index contributed by atoms with van der Waals surface area (Å²) >= 11 is 1.38. The zero-order valence-electron chi connectivity index (χ0n) is 17.2. The van der Waals surface area contributed by atoms with Crippen LogP contribution < -0.4 is 5.56 Å². The highest BCUT2D eigenvalue weighted by molar-refractivity contribution is 7.98. The maximum Gasteiger partial charge on any atom is 0.277 e. The molecule has 0 aliphatic rings. The molecular weight excluding hydrogens is 426 g/mol. The van der Waals surface area contributed by atoms with Gasteiger partial charge in [-0.05, 0) is 25.1 Å². The Morgan fingerprint density at radius 2 is 1.94 bits per heavy atom. The number of rotatable bonds is 4. The van der Waals surface area contributed by atoms with Crippen molar-refractivity contribution >= 4 is 39.3 Å². The molecule has 4 heterocycles. The highest BCUT2D eigenvalue weighted by Crippen LogP contribution is 2.30. The molecule has 0 radical (unpaired) electrons. The molecule has 0 spiro atoms. The predicted octanol–water partition coefficient (Wildman–Crippen LogP) is 3.71. The number of hydrogen-bond acceptors (Lipinski definition) is 7. The first-order valence-electron chi connectivity index (χ1n) is 9.96. The van der Waals surface area contributed by atoms with Crippen LogP contribution in [0.2, 0.25) is 0 Å². The van der Waals surface area contributed by atoms with E-state index in [1.54, 1.807) is 7.05 Å². The van der Waals surface area contributed by atoms with E-state index in [1.807, 2.05) is 60.0 Å². The fourth-order valence-electron chi connectivity index (χ4n) is 3.90. The van der Waals surface area contributed by atoms with Gasteiger partial charge in [-0.3, -0.25) is 13.8 Å². The number of aromatic nitrogens is 7. The molecule has 6 aromatic rings. The van der Waals surface area contributed by atoms with E-state index in [1.165, 1.54) is 16.3 Å². The van der Waals surface area contributed by atoms with Crippen molar-refractivity contribution in [2.45, 2.75) is 17.9 Å². The number of benzene rings is 2. The van der Waals surface area contributed by atoms with E-state index >= 15 is 0 Å². The lowest BCUT2D eigenvalue weighted by molar-refractivity contribution is 0.466. The van der Waals surface area contributed by atoms with E-state index in [0.717, 1.165) is 27.5 Å². The van der Waals surface area contributed by atoms with E-state index in [2.05, 4.69) is 25.4 Å². The van der Waals surface area contributed by atoms with E-state index in [0.29, 0.717) is 33.9 Å². The molecule has 0 saturated carbocycles. The van der Waals surface area contributed by atoms with Crippen LogP contribution in [0.25, 0.3) is 39.0 Å². The number of aryl methyl sites for hydroxylation is 2. The van der Waals surface area contributed by atoms with Crippen molar-refractivity contribution in [1.82, 2.24) is 34.3 Å². The quantitative estimate of drug-likeness (QED) is 0.414. The van der Waals surface area contributed by atoms with Gasteiger partial charge in [0.1, 0.15) is 5.82 Å². The zero-order chi connectivity index (χ0) is 21.8. The van der Waals surface area contributed by atoms with Gasteiger partial charge in [0, 0.05) is 24.1 Å². The molecule has 0 unspecified atom stereocenters. The van der Waals surface area contributed by atoms with Gasteiger partial charge in [0.25, 0.3) is 16.7 Å². The number of para-hydroxylation sites is 1. The molecule has 2 aromatic carbocycles. The van der Waals surface area contributed by atoms with Crippen molar-refractivity contribution in [2.75, 3.05) is 0 Å². The Labute approximate surface area is 185 Å². The molecule has 0 atom stereocenters. The van der Waals surface area contributed by atoms with Crippen LogP contribution in [0, 0.1) is 6.92 Å². The summed E-state index contributed by atoms with van der Waals surface area (Å²) in [6, 6.07) is 13.8. The molecule has 0 saturated heterocycles. The fraction of sp³-hybridized carbons (Fsp3) is 0.136. The SMILES string of the molecule is Cc1ccc2c(c1)c(=O)n(C)c1nnc(CSc3nnc(-c4c[nH]c5ccccc45)o3)n21. The number of nitrogens with zero attached hydrogens (tertiary/aromatic N) is 6. The maximum absolute atomic E-state index is 12.7. The minimum atomic E-state index is -0.0944. The minimum absolute atomic E-state index is 0.0944. The third-order valence-electron chi connectivity index (χ3n) is 5.49. The number of H-pyrrole nitrogens is 1. The van der Waals surface area contributed by atoms with Crippen LogP contribution in [-0.4, -0.2) is 34.3 Å². The van der Waals surface area contributed by atoms with Gasteiger partial charge in [0.2, 0.25) is 5.78 Å². The third kappa shape index (κ3) is 2.83. The van der Waals surface area contributed by atoms with Crippen molar-refractivity contribution in [3.63, 3.8) is 0 Å². The number of aromatic amines is 1. The number of hydrogen-bond donors (Lipinski definition) is 1. The van der Waals surface area contributed by atoms with Gasteiger partial charge in [-0.2, -0.15) is 0 Å². The standard InChI is InChI=1S/C22H17N7O2S/c1-12-7-8-17-14(9-12)20(30)28(2)21-26-24-18(29(17)21)11-32-22-27-25-19(31-22)15-10-23-16-6-4-3-5-13(15)16/h3-10,23H,11H2,1-2H3. The van der Waals surface area contributed by atoms with Gasteiger partial charge in [-0.15, -0.1) is 20.4 Å². The summed E-state index contributed by atoms with van der Waals surface area (Å²) in [4.78, 5) is 15.9.